The number of benzene rings is 1. The van der Waals surface area contributed by atoms with E-state index in [1.54, 1.807) is 0 Å². The number of sulfonamides is 1. The molecule has 0 amide bonds. The van der Waals surface area contributed by atoms with Crippen LogP contribution < -0.4 is 14.8 Å². The summed E-state index contributed by atoms with van der Waals surface area (Å²) >= 11 is 0. The number of rotatable bonds is 4. The standard InChI is InChI=1S/C13H18F2N2O4S/c1-20-11-4-3-10(7-12(11)21-2)22(18,19)17-6-5-16-8-13(14,15)9-17/h3-4,7,16H,5-6,8-9H2,1-2H3. The maximum absolute atomic E-state index is 13.6. The van der Waals surface area contributed by atoms with Crippen LogP contribution in [0, 0.1) is 0 Å². The lowest BCUT2D eigenvalue weighted by Gasteiger charge is -2.23. The van der Waals surface area contributed by atoms with E-state index in [1.165, 1.54) is 32.4 Å². The fraction of sp³-hybridized carbons (Fsp3) is 0.538. The molecule has 2 rings (SSSR count). The Balaban J connectivity index is 2.37. The summed E-state index contributed by atoms with van der Waals surface area (Å²) in [7, 11) is -1.24. The number of halogens is 2. The number of nitrogens with zero attached hydrogens (tertiary/aromatic N) is 1. The normalized spacial score (nSPS) is 19.5. The SMILES string of the molecule is COc1ccc(S(=O)(=O)N2CCNCC(F)(F)C2)cc1OC. The van der Waals surface area contributed by atoms with Gasteiger partial charge in [-0.2, -0.15) is 4.31 Å². The second-order valence-electron chi connectivity index (χ2n) is 4.89. The minimum atomic E-state index is -4.04. The zero-order chi connectivity index (χ0) is 16.4. The van der Waals surface area contributed by atoms with Gasteiger partial charge in [-0.15, -0.1) is 0 Å². The van der Waals surface area contributed by atoms with Crippen molar-refractivity contribution in [3.8, 4) is 11.5 Å². The van der Waals surface area contributed by atoms with Crippen molar-refractivity contribution < 1.29 is 26.7 Å². The molecule has 124 valence electrons. The molecule has 1 fully saturated rings. The number of ether oxygens (including phenoxy) is 2. The Morgan fingerprint density at radius 2 is 1.91 bits per heavy atom. The second kappa shape index (κ2) is 6.35. The molecule has 0 bridgehead atoms. The van der Waals surface area contributed by atoms with Crippen LogP contribution in [-0.4, -0.2) is 59.0 Å². The summed E-state index contributed by atoms with van der Waals surface area (Å²) in [6.45, 7) is -1.24. The molecule has 1 saturated heterocycles. The van der Waals surface area contributed by atoms with E-state index in [-0.39, 0.29) is 23.7 Å². The van der Waals surface area contributed by atoms with Crippen molar-refractivity contribution in [2.75, 3.05) is 40.4 Å². The fourth-order valence-corrected chi connectivity index (χ4v) is 3.68. The Labute approximate surface area is 128 Å². The number of hydrogen-bond donors (Lipinski definition) is 1. The van der Waals surface area contributed by atoms with Crippen LogP contribution in [0.3, 0.4) is 0 Å². The Kier molecular flexibility index (Phi) is 4.88. The molecule has 0 unspecified atom stereocenters. The van der Waals surface area contributed by atoms with E-state index in [1.807, 2.05) is 0 Å². The van der Waals surface area contributed by atoms with Crippen molar-refractivity contribution in [2.45, 2.75) is 10.8 Å². The number of nitrogens with one attached hydrogen (secondary N) is 1. The van der Waals surface area contributed by atoms with Gasteiger partial charge in [-0.05, 0) is 12.1 Å². The molecule has 1 aromatic rings. The molecule has 0 aliphatic carbocycles. The summed E-state index contributed by atoms with van der Waals surface area (Å²) in [6, 6.07) is 4.01. The van der Waals surface area contributed by atoms with Crippen molar-refractivity contribution >= 4 is 10.0 Å². The van der Waals surface area contributed by atoms with Crippen LogP contribution in [-0.2, 0) is 10.0 Å². The quantitative estimate of drug-likeness (QED) is 0.886. The maximum Gasteiger partial charge on any atom is 0.273 e. The molecular formula is C13H18F2N2O4S. The Hall–Kier alpha value is -1.45. The van der Waals surface area contributed by atoms with Crippen LogP contribution >= 0.6 is 0 Å². The summed E-state index contributed by atoms with van der Waals surface area (Å²) in [5.74, 6) is -2.52. The summed E-state index contributed by atoms with van der Waals surface area (Å²) in [5.41, 5.74) is 0. The van der Waals surface area contributed by atoms with Gasteiger partial charge in [-0.1, -0.05) is 0 Å². The summed E-state index contributed by atoms with van der Waals surface area (Å²) < 4.78 is 63.2. The van der Waals surface area contributed by atoms with Crippen molar-refractivity contribution in [3.63, 3.8) is 0 Å². The lowest BCUT2D eigenvalue weighted by Crippen LogP contribution is -2.41. The van der Waals surface area contributed by atoms with Gasteiger partial charge in [0, 0.05) is 19.2 Å². The molecule has 0 spiro atoms. The van der Waals surface area contributed by atoms with Crippen LogP contribution in [0.15, 0.2) is 23.1 Å². The van der Waals surface area contributed by atoms with Crippen LogP contribution in [0.2, 0.25) is 0 Å². The zero-order valence-corrected chi connectivity index (χ0v) is 13.1. The molecule has 1 heterocycles. The molecule has 0 radical (unpaired) electrons. The minimum Gasteiger partial charge on any atom is -0.493 e. The van der Waals surface area contributed by atoms with Gasteiger partial charge in [0.05, 0.1) is 32.2 Å². The Morgan fingerprint density at radius 3 is 2.55 bits per heavy atom. The molecular weight excluding hydrogens is 318 g/mol. The number of alkyl halides is 2. The highest BCUT2D eigenvalue weighted by molar-refractivity contribution is 7.89. The van der Waals surface area contributed by atoms with Crippen LogP contribution in [0.25, 0.3) is 0 Å². The predicted molar refractivity (Wildman–Crippen MR) is 76.1 cm³/mol. The largest absolute Gasteiger partial charge is 0.493 e. The van der Waals surface area contributed by atoms with Crippen LogP contribution in [0.4, 0.5) is 8.78 Å². The van der Waals surface area contributed by atoms with Crippen molar-refractivity contribution in [2.24, 2.45) is 0 Å². The molecule has 0 aromatic heterocycles. The topological polar surface area (TPSA) is 67.9 Å². The van der Waals surface area contributed by atoms with Gasteiger partial charge in [0.1, 0.15) is 0 Å². The van der Waals surface area contributed by atoms with E-state index in [9.17, 15) is 17.2 Å². The fourth-order valence-electron chi connectivity index (χ4n) is 2.20. The van der Waals surface area contributed by atoms with Crippen LogP contribution in [0.1, 0.15) is 0 Å². The Bertz CT molecular complexity index is 637. The van der Waals surface area contributed by atoms with Crippen molar-refractivity contribution in [1.29, 1.82) is 0 Å². The summed E-state index contributed by atoms with van der Waals surface area (Å²) in [5, 5.41) is 2.53. The van der Waals surface area contributed by atoms with E-state index < -0.39 is 29.0 Å². The Morgan fingerprint density at radius 1 is 1.23 bits per heavy atom. The number of hydrogen-bond acceptors (Lipinski definition) is 5. The first-order valence-corrected chi connectivity index (χ1v) is 8.05. The van der Waals surface area contributed by atoms with Crippen molar-refractivity contribution in [3.05, 3.63) is 18.2 Å². The average Bonchev–Trinajstić information content (AvgIpc) is 2.67. The van der Waals surface area contributed by atoms with Gasteiger partial charge in [-0.3, -0.25) is 0 Å². The van der Waals surface area contributed by atoms with E-state index >= 15 is 0 Å². The van der Waals surface area contributed by atoms with Gasteiger partial charge in [-0.25, -0.2) is 17.2 Å². The third-order valence-corrected chi connectivity index (χ3v) is 5.16. The molecule has 1 aliphatic heterocycles. The van der Waals surface area contributed by atoms with E-state index in [4.69, 9.17) is 9.47 Å². The lowest BCUT2D eigenvalue weighted by molar-refractivity contribution is -0.00372. The molecule has 0 atom stereocenters. The van der Waals surface area contributed by atoms with E-state index in [2.05, 4.69) is 5.32 Å². The predicted octanol–water partition coefficient (Wildman–Crippen LogP) is 0.933. The van der Waals surface area contributed by atoms with Gasteiger partial charge >= 0.3 is 0 Å². The van der Waals surface area contributed by atoms with E-state index in [0.29, 0.717) is 5.75 Å². The first kappa shape index (κ1) is 16.9. The highest BCUT2D eigenvalue weighted by Crippen LogP contribution is 2.31. The second-order valence-corrected chi connectivity index (χ2v) is 6.83. The van der Waals surface area contributed by atoms with Gasteiger partial charge in [0.15, 0.2) is 11.5 Å². The molecule has 1 aromatic carbocycles. The van der Waals surface area contributed by atoms with E-state index in [0.717, 1.165) is 4.31 Å². The average molecular weight is 336 g/mol. The molecule has 1 aliphatic rings. The third kappa shape index (κ3) is 3.47. The lowest BCUT2D eigenvalue weighted by atomic mass is 10.3. The minimum absolute atomic E-state index is 0.0216. The highest BCUT2D eigenvalue weighted by Gasteiger charge is 2.39. The molecule has 9 heteroatoms. The van der Waals surface area contributed by atoms with Crippen molar-refractivity contribution in [1.82, 2.24) is 9.62 Å². The zero-order valence-electron chi connectivity index (χ0n) is 12.3. The summed E-state index contributed by atoms with van der Waals surface area (Å²) in [6.07, 6.45) is 0. The first-order chi connectivity index (χ1) is 10.3. The van der Waals surface area contributed by atoms with Gasteiger partial charge in [0.25, 0.3) is 5.92 Å². The maximum atomic E-state index is 13.6. The smallest absolute Gasteiger partial charge is 0.273 e. The first-order valence-electron chi connectivity index (χ1n) is 6.61. The molecule has 6 nitrogen and oxygen atoms in total. The van der Waals surface area contributed by atoms with Crippen LogP contribution in [0.5, 0.6) is 11.5 Å². The van der Waals surface area contributed by atoms with Gasteiger partial charge < -0.3 is 14.8 Å². The molecule has 22 heavy (non-hydrogen) atoms. The molecule has 0 saturated carbocycles. The molecule has 1 N–H and O–H groups in total. The van der Waals surface area contributed by atoms with Gasteiger partial charge in [0.2, 0.25) is 10.0 Å². The summed E-state index contributed by atoms with van der Waals surface area (Å²) in [4.78, 5) is -0.108. The highest BCUT2D eigenvalue weighted by atomic mass is 32.2. The number of methoxy groups -OCH3 is 2. The third-order valence-electron chi connectivity index (χ3n) is 3.32. The monoisotopic (exact) mass is 336 g/mol.